The van der Waals surface area contributed by atoms with Gasteiger partial charge in [-0.15, -0.1) is 5.10 Å². The molecule has 0 radical (unpaired) electrons. The maximum absolute atomic E-state index is 12.2. The normalized spacial score (nSPS) is 10.6. The smallest absolute Gasteiger partial charge is 0.337 e. The van der Waals surface area contributed by atoms with E-state index in [1.807, 2.05) is 60.7 Å². The third-order valence-electron chi connectivity index (χ3n) is 4.41. The fraction of sp³-hybridized carbons (Fsp3) is 0.136. The monoisotopic (exact) mass is 418 g/mol. The lowest BCUT2D eigenvalue weighted by molar-refractivity contribution is 0.107. The lowest BCUT2D eigenvalue weighted by Gasteiger charge is -2.10. The van der Waals surface area contributed by atoms with Crippen LogP contribution >= 0.6 is 0 Å². The van der Waals surface area contributed by atoms with E-state index in [4.69, 9.17) is 9.47 Å². The minimum atomic E-state index is -0.435. The minimum absolute atomic E-state index is 0.294. The quantitative estimate of drug-likeness (QED) is 0.378. The molecule has 3 N–H and O–H groups in total. The predicted octanol–water partition coefficient (Wildman–Crippen LogP) is 3.60. The van der Waals surface area contributed by atoms with Crippen molar-refractivity contribution in [2.75, 3.05) is 17.9 Å². The van der Waals surface area contributed by atoms with E-state index in [0.717, 1.165) is 16.9 Å². The number of urea groups is 1. The number of anilines is 2. The first-order valence-electron chi connectivity index (χ1n) is 9.63. The Morgan fingerprint density at radius 3 is 2.65 bits per heavy atom. The number of fused-ring (bicyclic) bond motifs is 1. The summed E-state index contributed by atoms with van der Waals surface area (Å²) in [4.78, 5) is 16.4. The Morgan fingerprint density at radius 1 is 1.00 bits per heavy atom. The number of methoxy groups -OCH3 is 1. The molecule has 4 aromatic rings. The van der Waals surface area contributed by atoms with Gasteiger partial charge >= 0.3 is 6.03 Å². The van der Waals surface area contributed by atoms with Gasteiger partial charge in [0.15, 0.2) is 5.65 Å². The predicted molar refractivity (Wildman–Crippen MR) is 117 cm³/mol. The topological polar surface area (TPSA) is 102 Å². The van der Waals surface area contributed by atoms with Crippen molar-refractivity contribution in [3.8, 4) is 5.75 Å². The third-order valence-corrected chi connectivity index (χ3v) is 4.41. The van der Waals surface area contributed by atoms with Gasteiger partial charge < -0.3 is 14.8 Å². The number of aromatic nitrogens is 3. The van der Waals surface area contributed by atoms with Gasteiger partial charge in [-0.2, -0.15) is 4.98 Å². The second-order valence-electron chi connectivity index (χ2n) is 6.68. The number of carbonyl (C=O) groups is 1. The molecule has 0 aliphatic carbocycles. The van der Waals surface area contributed by atoms with Gasteiger partial charge in [0.2, 0.25) is 0 Å². The summed E-state index contributed by atoms with van der Waals surface area (Å²) in [5.74, 6) is 1.11. The van der Waals surface area contributed by atoms with Gasteiger partial charge in [-0.1, -0.05) is 30.3 Å². The van der Waals surface area contributed by atoms with Gasteiger partial charge in [0, 0.05) is 11.9 Å². The number of pyridine rings is 1. The number of amides is 2. The van der Waals surface area contributed by atoms with Crippen molar-refractivity contribution in [3.63, 3.8) is 0 Å². The fourth-order valence-corrected chi connectivity index (χ4v) is 2.91. The molecule has 0 fully saturated rings. The average molecular weight is 418 g/mol. The zero-order valence-electron chi connectivity index (χ0n) is 16.9. The number of ether oxygens (including phenoxy) is 2. The van der Waals surface area contributed by atoms with Crippen LogP contribution in [0.2, 0.25) is 0 Å². The summed E-state index contributed by atoms with van der Waals surface area (Å²) in [6, 6.07) is 20.3. The molecular weight excluding hydrogens is 396 g/mol. The van der Waals surface area contributed by atoms with Crippen molar-refractivity contribution in [1.82, 2.24) is 20.0 Å². The number of nitrogens with one attached hydrogen (secondary N) is 3. The van der Waals surface area contributed by atoms with Crippen LogP contribution in [0.25, 0.3) is 5.65 Å². The fourth-order valence-electron chi connectivity index (χ4n) is 2.91. The van der Waals surface area contributed by atoms with Crippen molar-refractivity contribution in [3.05, 3.63) is 84.1 Å². The summed E-state index contributed by atoms with van der Waals surface area (Å²) >= 11 is 0. The Balaban J connectivity index is 1.25. The van der Waals surface area contributed by atoms with E-state index in [1.54, 1.807) is 23.9 Å². The lowest BCUT2D eigenvalue weighted by Crippen LogP contribution is -2.34. The van der Waals surface area contributed by atoms with Crippen LogP contribution in [-0.4, -0.2) is 27.7 Å². The van der Waals surface area contributed by atoms with Crippen molar-refractivity contribution < 1.29 is 14.3 Å². The molecule has 0 saturated heterocycles. The zero-order valence-corrected chi connectivity index (χ0v) is 16.9. The molecule has 0 aliphatic heterocycles. The van der Waals surface area contributed by atoms with Gasteiger partial charge in [-0.05, 0) is 47.5 Å². The Labute approximate surface area is 179 Å². The number of benzene rings is 2. The standard InChI is InChI=1S/C22H22N6O3/c1-30-19-10-8-16(9-11-19)14-31-15-17-5-4-6-18(13-17)23-22(29)26-25-21-24-20-7-2-3-12-28(20)27-21/h2-13H,14-15H2,1H3,(H,25,27)(H2,23,26,29). The van der Waals surface area contributed by atoms with E-state index in [9.17, 15) is 4.79 Å². The number of hydrogen-bond acceptors (Lipinski definition) is 6. The first kappa shape index (κ1) is 20.2. The van der Waals surface area contributed by atoms with Gasteiger partial charge in [-0.25, -0.2) is 14.7 Å². The van der Waals surface area contributed by atoms with Crippen LogP contribution in [0.1, 0.15) is 11.1 Å². The maximum atomic E-state index is 12.2. The van der Waals surface area contributed by atoms with Crippen LogP contribution in [0, 0.1) is 0 Å². The molecule has 9 heteroatoms. The zero-order chi connectivity index (χ0) is 21.5. The van der Waals surface area contributed by atoms with E-state index < -0.39 is 6.03 Å². The second kappa shape index (κ2) is 9.59. The van der Waals surface area contributed by atoms with Crippen molar-refractivity contribution in [2.24, 2.45) is 0 Å². The van der Waals surface area contributed by atoms with Crippen LogP contribution in [0.3, 0.4) is 0 Å². The number of carbonyl (C=O) groups excluding carboxylic acids is 1. The van der Waals surface area contributed by atoms with Gasteiger partial charge in [-0.3, -0.25) is 5.43 Å². The summed E-state index contributed by atoms with van der Waals surface area (Å²) in [5, 5.41) is 6.97. The molecule has 0 saturated carbocycles. The first-order valence-corrected chi connectivity index (χ1v) is 9.63. The molecule has 0 aliphatic rings. The lowest BCUT2D eigenvalue weighted by atomic mass is 10.2. The van der Waals surface area contributed by atoms with E-state index in [-0.39, 0.29) is 0 Å². The molecule has 2 aromatic carbocycles. The highest BCUT2D eigenvalue weighted by Gasteiger charge is 2.06. The van der Waals surface area contributed by atoms with Crippen LogP contribution in [0.15, 0.2) is 72.9 Å². The minimum Gasteiger partial charge on any atom is -0.497 e. The maximum Gasteiger partial charge on any atom is 0.337 e. The largest absolute Gasteiger partial charge is 0.497 e. The summed E-state index contributed by atoms with van der Waals surface area (Å²) in [6.45, 7) is 0.907. The third kappa shape index (κ3) is 5.49. The molecule has 2 heterocycles. The number of rotatable bonds is 8. The van der Waals surface area contributed by atoms with E-state index in [0.29, 0.717) is 30.5 Å². The second-order valence-corrected chi connectivity index (χ2v) is 6.68. The number of hydrazine groups is 1. The van der Waals surface area contributed by atoms with Crippen molar-refractivity contribution >= 4 is 23.3 Å². The molecule has 4 rings (SSSR count). The highest BCUT2D eigenvalue weighted by atomic mass is 16.5. The molecule has 0 spiro atoms. The first-order chi connectivity index (χ1) is 15.2. The van der Waals surface area contributed by atoms with Gasteiger partial charge in [0.05, 0.1) is 20.3 Å². The highest BCUT2D eigenvalue weighted by Crippen LogP contribution is 2.15. The average Bonchev–Trinajstić information content (AvgIpc) is 3.22. The van der Waals surface area contributed by atoms with Gasteiger partial charge in [0.25, 0.3) is 5.95 Å². The molecule has 2 amide bonds. The van der Waals surface area contributed by atoms with Crippen LogP contribution < -0.4 is 20.9 Å². The number of nitrogens with zero attached hydrogens (tertiary/aromatic N) is 3. The van der Waals surface area contributed by atoms with Crippen LogP contribution in [-0.2, 0) is 18.0 Å². The Bertz CT molecular complexity index is 1130. The summed E-state index contributed by atoms with van der Waals surface area (Å²) in [7, 11) is 1.64. The van der Waals surface area contributed by atoms with Crippen LogP contribution in [0.4, 0.5) is 16.4 Å². The highest BCUT2D eigenvalue weighted by molar-refractivity contribution is 5.89. The van der Waals surface area contributed by atoms with Crippen molar-refractivity contribution in [2.45, 2.75) is 13.2 Å². The molecule has 0 atom stereocenters. The molecule has 9 nitrogen and oxygen atoms in total. The summed E-state index contributed by atoms with van der Waals surface area (Å²) in [6.07, 6.45) is 1.77. The van der Waals surface area contributed by atoms with E-state index >= 15 is 0 Å². The van der Waals surface area contributed by atoms with E-state index in [1.165, 1.54) is 0 Å². The molecule has 0 unspecified atom stereocenters. The van der Waals surface area contributed by atoms with Gasteiger partial charge in [0.1, 0.15) is 5.75 Å². The number of hydrogen-bond donors (Lipinski definition) is 3. The Kier molecular flexibility index (Phi) is 6.24. The Hall–Kier alpha value is -4.11. The molecule has 2 aromatic heterocycles. The molecule has 158 valence electrons. The Morgan fingerprint density at radius 2 is 1.84 bits per heavy atom. The SMILES string of the molecule is COc1ccc(COCc2cccc(NC(=O)NNc3nc4ccccn4n3)c2)cc1. The molecule has 0 bridgehead atoms. The molecule has 31 heavy (non-hydrogen) atoms. The summed E-state index contributed by atoms with van der Waals surface area (Å²) in [5.41, 5.74) is 8.54. The molecular formula is C22H22N6O3. The summed E-state index contributed by atoms with van der Waals surface area (Å²) < 4.78 is 12.5. The van der Waals surface area contributed by atoms with Crippen molar-refractivity contribution in [1.29, 1.82) is 0 Å². The van der Waals surface area contributed by atoms with Crippen LogP contribution in [0.5, 0.6) is 5.75 Å². The van der Waals surface area contributed by atoms with E-state index in [2.05, 4.69) is 26.3 Å².